The Labute approximate surface area is 116 Å². The van der Waals surface area contributed by atoms with Crippen LogP contribution in [0.2, 0.25) is 0 Å². The fourth-order valence-corrected chi connectivity index (χ4v) is 1.21. The molecule has 106 valence electrons. The second kappa shape index (κ2) is 6.83. The Balaban J connectivity index is 3.08. The summed E-state index contributed by atoms with van der Waals surface area (Å²) in [5, 5.41) is 14.8. The number of pyridine rings is 1. The molecule has 0 saturated heterocycles. The highest BCUT2D eigenvalue weighted by Gasteiger charge is 2.04. The zero-order valence-electron chi connectivity index (χ0n) is 11.3. The Morgan fingerprint density at radius 2 is 1.20 bits per heavy atom. The van der Waals surface area contributed by atoms with Crippen LogP contribution in [0.25, 0.3) is 0 Å². The summed E-state index contributed by atoms with van der Waals surface area (Å²) in [6, 6.07) is 5.36. The maximum absolute atomic E-state index is 5.21. The molecule has 1 rings (SSSR count). The Hall–Kier alpha value is -2.97. The monoisotopic (exact) mass is 275 g/mol. The van der Waals surface area contributed by atoms with E-state index in [1.807, 2.05) is 0 Å². The molecule has 0 aliphatic heterocycles. The molecule has 8 N–H and O–H groups in total. The van der Waals surface area contributed by atoms with Crippen molar-refractivity contribution < 1.29 is 0 Å². The van der Waals surface area contributed by atoms with Gasteiger partial charge in [0.1, 0.15) is 0 Å². The molecule has 0 amide bonds. The van der Waals surface area contributed by atoms with Gasteiger partial charge in [-0.25, -0.2) is 4.98 Å². The van der Waals surface area contributed by atoms with Gasteiger partial charge in [-0.05, 0) is 26.0 Å². The van der Waals surface area contributed by atoms with Crippen LogP contribution < -0.4 is 22.9 Å². The zero-order valence-corrected chi connectivity index (χ0v) is 11.3. The lowest BCUT2D eigenvalue weighted by molar-refractivity contribution is 1.15. The SMILES string of the molecule is CC(=NN=C(N)N)c1cccc(C(C)=NN=C(N)N)n1. The van der Waals surface area contributed by atoms with E-state index < -0.39 is 0 Å². The first-order valence-electron chi connectivity index (χ1n) is 5.64. The molecule has 0 bridgehead atoms. The maximum atomic E-state index is 5.21. The molecule has 9 nitrogen and oxygen atoms in total. The predicted octanol–water partition coefficient (Wildman–Crippen LogP) is -0.924. The highest BCUT2D eigenvalue weighted by atomic mass is 15.3. The normalized spacial score (nSPS) is 11.9. The second-order valence-electron chi connectivity index (χ2n) is 3.83. The molecular weight excluding hydrogens is 258 g/mol. The highest BCUT2D eigenvalue weighted by Crippen LogP contribution is 2.03. The van der Waals surface area contributed by atoms with Crippen LogP contribution in [0, 0.1) is 0 Å². The van der Waals surface area contributed by atoms with Crippen LogP contribution in [0.5, 0.6) is 0 Å². The molecule has 1 aromatic rings. The summed E-state index contributed by atoms with van der Waals surface area (Å²) in [6.45, 7) is 3.47. The standard InChI is InChI=1S/C11H17N9/c1-6(17-19-10(12)13)8-4-3-5-9(16-8)7(2)18-20-11(14)15/h3-5H,1-2H3,(H4,12,13,19)(H4,14,15,20). The van der Waals surface area contributed by atoms with Gasteiger partial charge in [-0.1, -0.05) is 6.07 Å². The van der Waals surface area contributed by atoms with Gasteiger partial charge < -0.3 is 22.9 Å². The smallest absolute Gasteiger partial charge is 0.211 e. The second-order valence-corrected chi connectivity index (χ2v) is 3.83. The summed E-state index contributed by atoms with van der Waals surface area (Å²) in [5.74, 6) is -0.239. The average Bonchev–Trinajstić information content (AvgIpc) is 2.42. The maximum Gasteiger partial charge on any atom is 0.211 e. The van der Waals surface area contributed by atoms with Crippen LogP contribution in [0.1, 0.15) is 25.2 Å². The third-order valence-corrected chi connectivity index (χ3v) is 2.12. The van der Waals surface area contributed by atoms with Gasteiger partial charge in [-0.15, -0.1) is 10.2 Å². The molecule has 0 aliphatic rings. The van der Waals surface area contributed by atoms with E-state index >= 15 is 0 Å². The van der Waals surface area contributed by atoms with Crippen LogP contribution in [0.3, 0.4) is 0 Å². The molecule has 0 saturated carbocycles. The summed E-state index contributed by atoms with van der Waals surface area (Å²) in [7, 11) is 0. The summed E-state index contributed by atoms with van der Waals surface area (Å²) < 4.78 is 0. The van der Waals surface area contributed by atoms with Gasteiger partial charge >= 0.3 is 0 Å². The van der Waals surface area contributed by atoms with Crippen LogP contribution in [0.15, 0.2) is 38.6 Å². The first-order chi connectivity index (χ1) is 9.40. The molecule has 0 atom stereocenters. The Kier molecular flexibility index (Phi) is 5.15. The number of nitrogens with two attached hydrogens (primary N) is 4. The minimum atomic E-state index is -0.119. The highest BCUT2D eigenvalue weighted by molar-refractivity contribution is 6.01. The van der Waals surface area contributed by atoms with E-state index in [9.17, 15) is 0 Å². The number of nitrogens with zero attached hydrogens (tertiary/aromatic N) is 5. The van der Waals surface area contributed by atoms with Gasteiger partial charge in [-0.2, -0.15) is 10.2 Å². The van der Waals surface area contributed by atoms with Crippen molar-refractivity contribution in [3.8, 4) is 0 Å². The van der Waals surface area contributed by atoms with Crippen molar-refractivity contribution in [3.63, 3.8) is 0 Å². The van der Waals surface area contributed by atoms with E-state index in [0.29, 0.717) is 22.8 Å². The summed E-state index contributed by atoms with van der Waals surface area (Å²) in [5.41, 5.74) is 23.2. The first kappa shape index (κ1) is 15.1. The van der Waals surface area contributed by atoms with E-state index in [1.165, 1.54) is 0 Å². The van der Waals surface area contributed by atoms with E-state index in [4.69, 9.17) is 22.9 Å². The van der Waals surface area contributed by atoms with Crippen molar-refractivity contribution in [1.29, 1.82) is 0 Å². The average molecular weight is 275 g/mol. The van der Waals surface area contributed by atoms with Crippen molar-refractivity contribution in [1.82, 2.24) is 4.98 Å². The molecule has 0 spiro atoms. The number of hydrogen-bond donors (Lipinski definition) is 4. The van der Waals surface area contributed by atoms with Gasteiger partial charge in [-0.3, -0.25) is 0 Å². The van der Waals surface area contributed by atoms with E-state index in [0.717, 1.165) is 0 Å². The van der Waals surface area contributed by atoms with Crippen LogP contribution in [-0.2, 0) is 0 Å². The minimum Gasteiger partial charge on any atom is -0.369 e. The fraction of sp³-hybridized carbons (Fsp3) is 0.182. The van der Waals surface area contributed by atoms with Gasteiger partial charge in [0.05, 0.1) is 22.8 Å². The number of guanidine groups is 2. The molecule has 0 aliphatic carbocycles. The lowest BCUT2D eigenvalue weighted by atomic mass is 10.2. The lowest BCUT2D eigenvalue weighted by Crippen LogP contribution is -2.22. The van der Waals surface area contributed by atoms with E-state index in [1.54, 1.807) is 32.0 Å². The summed E-state index contributed by atoms with van der Waals surface area (Å²) in [6.07, 6.45) is 0. The van der Waals surface area contributed by atoms with Crippen LogP contribution in [-0.4, -0.2) is 28.3 Å². The van der Waals surface area contributed by atoms with Crippen molar-refractivity contribution >= 4 is 23.3 Å². The minimum absolute atomic E-state index is 0.119. The zero-order chi connectivity index (χ0) is 15.1. The molecule has 0 radical (unpaired) electrons. The van der Waals surface area contributed by atoms with Crippen molar-refractivity contribution in [2.45, 2.75) is 13.8 Å². The van der Waals surface area contributed by atoms with Gasteiger partial charge in [0.2, 0.25) is 11.9 Å². The number of aromatic nitrogens is 1. The van der Waals surface area contributed by atoms with E-state index in [-0.39, 0.29) is 11.9 Å². The topological polar surface area (TPSA) is 166 Å². The quantitative estimate of drug-likeness (QED) is 0.316. The molecule has 1 heterocycles. The summed E-state index contributed by atoms with van der Waals surface area (Å²) in [4.78, 5) is 4.37. The Morgan fingerprint density at radius 1 is 0.800 bits per heavy atom. The third kappa shape index (κ3) is 4.72. The molecular formula is C11H17N9. The van der Waals surface area contributed by atoms with Gasteiger partial charge in [0, 0.05) is 0 Å². The lowest BCUT2D eigenvalue weighted by Gasteiger charge is -2.02. The van der Waals surface area contributed by atoms with Gasteiger partial charge in [0.25, 0.3) is 0 Å². The molecule has 0 aromatic carbocycles. The van der Waals surface area contributed by atoms with Crippen molar-refractivity contribution in [2.24, 2.45) is 43.3 Å². The largest absolute Gasteiger partial charge is 0.369 e. The Morgan fingerprint density at radius 3 is 1.55 bits per heavy atom. The van der Waals surface area contributed by atoms with Crippen LogP contribution in [0.4, 0.5) is 0 Å². The molecule has 0 unspecified atom stereocenters. The fourth-order valence-electron chi connectivity index (χ4n) is 1.21. The number of hydrogen-bond acceptors (Lipinski definition) is 5. The molecule has 9 heteroatoms. The van der Waals surface area contributed by atoms with Crippen molar-refractivity contribution in [2.75, 3.05) is 0 Å². The van der Waals surface area contributed by atoms with Crippen LogP contribution >= 0.6 is 0 Å². The summed E-state index contributed by atoms with van der Waals surface area (Å²) >= 11 is 0. The number of rotatable bonds is 4. The molecule has 20 heavy (non-hydrogen) atoms. The Bertz CT molecular complexity index is 540. The van der Waals surface area contributed by atoms with E-state index in [2.05, 4.69) is 25.4 Å². The third-order valence-electron chi connectivity index (χ3n) is 2.12. The first-order valence-corrected chi connectivity index (χ1v) is 5.64. The van der Waals surface area contributed by atoms with Gasteiger partial charge in [0.15, 0.2) is 0 Å². The predicted molar refractivity (Wildman–Crippen MR) is 80.3 cm³/mol. The molecule has 0 fully saturated rings. The van der Waals surface area contributed by atoms with Crippen molar-refractivity contribution in [3.05, 3.63) is 29.6 Å². The molecule has 1 aromatic heterocycles.